The standard InChI is InChI=1S/C3H9IN2O5/c1-8-5(4)11-6(9-2)10-3-7/h7H,3H2,1-2H3. The van der Waals surface area contributed by atoms with Crippen molar-refractivity contribution in [2.24, 2.45) is 0 Å². The highest BCUT2D eigenvalue weighted by Gasteiger charge is 2.09. The highest BCUT2D eigenvalue weighted by atomic mass is 127. The molecule has 0 bridgehead atoms. The molecular formula is C3H9IN2O5. The van der Waals surface area contributed by atoms with Gasteiger partial charge in [0.1, 0.15) is 0 Å². The Balaban J connectivity index is 3.49. The summed E-state index contributed by atoms with van der Waals surface area (Å²) in [5.41, 5.74) is 0. The van der Waals surface area contributed by atoms with Crippen LogP contribution in [0.15, 0.2) is 0 Å². The molecule has 0 saturated heterocycles. The van der Waals surface area contributed by atoms with E-state index >= 15 is 0 Å². The van der Waals surface area contributed by atoms with E-state index < -0.39 is 6.79 Å². The number of hydrogen-bond acceptors (Lipinski definition) is 7. The number of halogens is 1. The van der Waals surface area contributed by atoms with Crippen LogP contribution < -0.4 is 0 Å². The normalized spacial score (nSPS) is 11.5. The maximum atomic E-state index is 8.27. The Morgan fingerprint density at radius 1 is 1.36 bits per heavy atom. The summed E-state index contributed by atoms with van der Waals surface area (Å²) in [4.78, 5) is 18.0. The van der Waals surface area contributed by atoms with E-state index in [4.69, 9.17) is 5.11 Å². The molecule has 0 aromatic rings. The van der Waals surface area contributed by atoms with Crippen molar-refractivity contribution >= 4 is 22.9 Å². The number of hydrogen-bond donors (Lipinski definition) is 1. The first-order valence-electron chi connectivity index (χ1n) is 2.50. The van der Waals surface area contributed by atoms with Crippen LogP contribution >= 0.6 is 22.9 Å². The van der Waals surface area contributed by atoms with Gasteiger partial charge in [-0.05, 0) is 0 Å². The fourth-order valence-electron chi connectivity index (χ4n) is 0.242. The maximum Gasteiger partial charge on any atom is 0.169 e. The van der Waals surface area contributed by atoms with Gasteiger partial charge < -0.3 is 5.11 Å². The molecule has 0 aliphatic heterocycles. The second-order valence-electron chi connectivity index (χ2n) is 1.14. The van der Waals surface area contributed by atoms with E-state index in [9.17, 15) is 0 Å². The molecule has 0 heterocycles. The van der Waals surface area contributed by atoms with Crippen LogP contribution in [-0.2, 0) is 19.5 Å². The third-order valence-electron chi connectivity index (χ3n) is 0.587. The molecule has 0 saturated carbocycles. The molecule has 68 valence electrons. The van der Waals surface area contributed by atoms with Gasteiger partial charge in [0, 0.05) is 3.44 Å². The summed E-state index contributed by atoms with van der Waals surface area (Å²) in [6.45, 7) is -0.554. The van der Waals surface area contributed by atoms with Gasteiger partial charge in [-0.25, -0.2) is 4.84 Å². The Morgan fingerprint density at radius 3 is 2.36 bits per heavy atom. The molecule has 0 aromatic carbocycles. The van der Waals surface area contributed by atoms with Crippen LogP contribution in [0.25, 0.3) is 0 Å². The second kappa shape index (κ2) is 7.12. The van der Waals surface area contributed by atoms with Gasteiger partial charge >= 0.3 is 0 Å². The molecule has 0 amide bonds. The van der Waals surface area contributed by atoms with E-state index in [0.717, 1.165) is 3.44 Å². The van der Waals surface area contributed by atoms with Gasteiger partial charge in [0.05, 0.1) is 42.5 Å². The molecule has 1 N–H and O–H groups in total. The smallest absolute Gasteiger partial charge is 0.169 e. The summed E-state index contributed by atoms with van der Waals surface area (Å²) in [6.07, 6.45) is 0. The summed E-state index contributed by atoms with van der Waals surface area (Å²) in [7, 11) is 2.69. The van der Waals surface area contributed by atoms with Gasteiger partial charge in [-0.3, -0.25) is 9.68 Å². The molecule has 0 spiro atoms. The van der Waals surface area contributed by atoms with E-state index in [1.807, 2.05) is 0 Å². The van der Waals surface area contributed by atoms with Crippen molar-refractivity contribution in [1.29, 1.82) is 0 Å². The molecular weight excluding hydrogens is 271 g/mol. The van der Waals surface area contributed by atoms with Crippen molar-refractivity contribution in [3.8, 4) is 0 Å². The fraction of sp³-hybridized carbons (Fsp3) is 1.00. The van der Waals surface area contributed by atoms with Crippen molar-refractivity contribution in [2.45, 2.75) is 0 Å². The first-order valence-corrected chi connectivity index (χ1v) is 3.47. The highest BCUT2D eigenvalue weighted by Crippen LogP contribution is 2.03. The Morgan fingerprint density at radius 2 is 2.00 bits per heavy atom. The monoisotopic (exact) mass is 280 g/mol. The van der Waals surface area contributed by atoms with Crippen molar-refractivity contribution in [2.75, 3.05) is 21.0 Å². The van der Waals surface area contributed by atoms with Crippen LogP contribution in [0.2, 0.25) is 0 Å². The van der Waals surface area contributed by atoms with Crippen LogP contribution in [-0.4, -0.2) is 34.9 Å². The zero-order valence-electron chi connectivity index (χ0n) is 6.06. The Hall–Kier alpha value is 0.450. The van der Waals surface area contributed by atoms with Crippen LogP contribution in [0.5, 0.6) is 0 Å². The molecule has 11 heavy (non-hydrogen) atoms. The zero-order chi connectivity index (χ0) is 8.69. The number of aliphatic hydroxyl groups is 1. The molecule has 0 unspecified atom stereocenters. The lowest BCUT2D eigenvalue weighted by Crippen LogP contribution is -2.29. The van der Waals surface area contributed by atoms with Gasteiger partial charge in [-0.2, -0.15) is 0 Å². The van der Waals surface area contributed by atoms with Gasteiger partial charge in [0.15, 0.2) is 6.79 Å². The predicted molar refractivity (Wildman–Crippen MR) is 41.0 cm³/mol. The molecule has 0 aromatic heterocycles. The average Bonchev–Trinajstić information content (AvgIpc) is 2.03. The van der Waals surface area contributed by atoms with Gasteiger partial charge in [-0.1, -0.05) is 0 Å². The van der Waals surface area contributed by atoms with Gasteiger partial charge in [0.25, 0.3) is 0 Å². The number of rotatable bonds is 6. The largest absolute Gasteiger partial charge is 0.369 e. The molecule has 0 radical (unpaired) electrons. The SMILES string of the molecule is CON(I)ON(OC)OCO. The van der Waals surface area contributed by atoms with Crippen molar-refractivity contribution in [3.63, 3.8) is 0 Å². The first-order chi connectivity index (χ1) is 5.24. The van der Waals surface area contributed by atoms with Crippen LogP contribution in [0.4, 0.5) is 0 Å². The van der Waals surface area contributed by atoms with E-state index in [-0.39, 0.29) is 0 Å². The molecule has 0 atom stereocenters. The third kappa shape index (κ3) is 5.69. The molecule has 0 aliphatic carbocycles. The second-order valence-corrected chi connectivity index (χ2v) is 1.93. The molecule has 7 nitrogen and oxygen atoms in total. The van der Waals surface area contributed by atoms with Gasteiger partial charge in [0.2, 0.25) is 0 Å². The highest BCUT2D eigenvalue weighted by molar-refractivity contribution is 14.1. The van der Waals surface area contributed by atoms with E-state index in [1.54, 1.807) is 22.9 Å². The predicted octanol–water partition coefficient (Wildman–Crippen LogP) is -0.209. The molecule has 0 rings (SSSR count). The van der Waals surface area contributed by atoms with Crippen LogP contribution in [0.3, 0.4) is 0 Å². The van der Waals surface area contributed by atoms with Crippen molar-refractivity contribution < 1.29 is 24.6 Å². The Kier molecular flexibility index (Phi) is 7.41. The summed E-state index contributed by atoms with van der Waals surface area (Å²) in [5.74, 6) is 0. The lowest BCUT2D eigenvalue weighted by atomic mass is 11.5. The maximum absolute atomic E-state index is 8.27. The molecule has 8 heteroatoms. The molecule has 0 aliphatic rings. The Bertz CT molecular complexity index is 95.8. The van der Waals surface area contributed by atoms with E-state index in [2.05, 4.69) is 19.5 Å². The topological polar surface area (TPSA) is 63.6 Å². The summed E-state index contributed by atoms with van der Waals surface area (Å²) >= 11 is 1.69. The van der Waals surface area contributed by atoms with Gasteiger partial charge in [-0.15, -0.1) is 4.94 Å². The van der Waals surface area contributed by atoms with E-state index in [0.29, 0.717) is 5.39 Å². The van der Waals surface area contributed by atoms with Crippen LogP contribution in [0, 0.1) is 0 Å². The fourth-order valence-corrected chi connectivity index (χ4v) is 0.386. The summed E-state index contributed by atoms with van der Waals surface area (Å²) in [6, 6.07) is 0. The number of aliphatic hydroxyl groups excluding tert-OH is 1. The average molecular weight is 280 g/mol. The number of nitrogens with zero attached hydrogens (tertiary/aromatic N) is 2. The van der Waals surface area contributed by atoms with Crippen molar-refractivity contribution in [1.82, 2.24) is 8.83 Å². The van der Waals surface area contributed by atoms with Crippen LogP contribution in [0.1, 0.15) is 0 Å². The minimum Gasteiger partial charge on any atom is -0.369 e. The van der Waals surface area contributed by atoms with Crippen molar-refractivity contribution in [3.05, 3.63) is 0 Å². The quantitative estimate of drug-likeness (QED) is 0.312. The Labute approximate surface area is 77.6 Å². The third-order valence-corrected chi connectivity index (χ3v) is 1.16. The van der Waals surface area contributed by atoms with E-state index in [1.165, 1.54) is 14.2 Å². The minimum absolute atomic E-state index is 0.554. The minimum atomic E-state index is -0.554. The summed E-state index contributed by atoms with van der Waals surface area (Å²) < 4.78 is 0.941. The molecule has 0 fully saturated rings. The lowest BCUT2D eigenvalue weighted by Gasteiger charge is -2.18. The first kappa shape index (κ1) is 11.4. The summed E-state index contributed by atoms with van der Waals surface area (Å²) in [5, 5.41) is 8.85. The lowest BCUT2D eigenvalue weighted by molar-refractivity contribution is -0.592. The zero-order valence-corrected chi connectivity index (χ0v) is 8.22.